The lowest BCUT2D eigenvalue weighted by atomic mass is 9.87. The first kappa shape index (κ1) is 18.9. The van der Waals surface area contributed by atoms with Crippen LogP contribution in [0.2, 0.25) is 0 Å². The number of hydrogen-bond acceptors (Lipinski definition) is 4. The van der Waals surface area contributed by atoms with Crippen molar-refractivity contribution in [3.8, 4) is 0 Å². The van der Waals surface area contributed by atoms with Crippen molar-refractivity contribution >= 4 is 15.9 Å². The largest absolute Gasteiger partial charge is 0.390 e. The molecule has 134 valence electrons. The Morgan fingerprint density at radius 2 is 1.88 bits per heavy atom. The van der Waals surface area contributed by atoms with Gasteiger partial charge in [-0.25, -0.2) is 13.6 Å². The highest BCUT2D eigenvalue weighted by atomic mass is 32.2. The first-order valence-corrected chi connectivity index (χ1v) is 9.78. The Morgan fingerprint density at radius 3 is 2.38 bits per heavy atom. The van der Waals surface area contributed by atoms with Gasteiger partial charge in [0.15, 0.2) is 0 Å². The maximum absolute atomic E-state index is 12.7. The molecule has 1 heterocycles. The second-order valence-electron chi connectivity index (χ2n) is 6.73. The minimum absolute atomic E-state index is 0.00894. The van der Waals surface area contributed by atoms with E-state index in [9.17, 15) is 18.3 Å². The van der Waals surface area contributed by atoms with E-state index >= 15 is 0 Å². The lowest BCUT2D eigenvalue weighted by molar-refractivity contribution is -0.0233. The minimum atomic E-state index is -3.88. The van der Waals surface area contributed by atoms with Crippen LogP contribution in [0.4, 0.5) is 0 Å². The summed E-state index contributed by atoms with van der Waals surface area (Å²) >= 11 is 0. The maximum atomic E-state index is 12.7. The van der Waals surface area contributed by atoms with Gasteiger partial charge >= 0.3 is 0 Å². The molecular weight excluding hydrogens is 328 g/mol. The number of aryl methyl sites for hydroxylation is 1. The quantitative estimate of drug-likeness (QED) is 0.859. The molecule has 0 spiro atoms. The van der Waals surface area contributed by atoms with Gasteiger partial charge in [0.1, 0.15) is 0 Å². The van der Waals surface area contributed by atoms with Crippen molar-refractivity contribution in [2.45, 2.75) is 57.0 Å². The lowest BCUT2D eigenvalue weighted by Gasteiger charge is -2.38. The molecule has 0 aliphatic carbocycles. The number of rotatable bonds is 4. The number of carbonyl (C=O) groups excluding carboxylic acids is 1. The predicted octanol–water partition coefficient (Wildman–Crippen LogP) is 1.72. The molecule has 7 heteroatoms. The Labute approximate surface area is 143 Å². The number of nitrogens with zero attached hydrogens (tertiary/aromatic N) is 1. The Morgan fingerprint density at radius 1 is 1.29 bits per heavy atom. The fourth-order valence-electron chi connectivity index (χ4n) is 3.27. The minimum Gasteiger partial charge on any atom is -0.390 e. The molecule has 0 bridgehead atoms. The van der Waals surface area contributed by atoms with Crippen molar-refractivity contribution in [3.05, 3.63) is 28.8 Å². The predicted molar refractivity (Wildman–Crippen MR) is 92.3 cm³/mol. The van der Waals surface area contributed by atoms with Gasteiger partial charge in [0.25, 0.3) is 5.91 Å². The number of piperidine rings is 1. The summed E-state index contributed by atoms with van der Waals surface area (Å²) in [5.74, 6) is -0.221. The molecule has 24 heavy (non-hydrogen) atoms. The average molecular weight is 354 g/mol. The van der Waals surface area contributed by atoms with Crippen LogP contribution in [0.3, 0.4) is 0 Å². The highest BCUT2D eigenvalue weighted by Crippen LogP contribution is 2.28. The molecule has 1 aromatic rings. The number of nitrogens with two attached hydrogens (primary N) is 1. The summed E-state index contributed by atoms with van der Waals surface area (Å²) in [6, 6.07) is 3.05. The molecular formula is C17H26N2O4S. The number of amides is 1. The molecule has 0 unspecified atom stereocenters. The topological polar surface area (TPSA) is 101 Å². The van der Waals surface area contributed by atoms with Crippen LogP contribution in [0.15, 0.2) is 17.0 Å². The van der Waals surface area contributed by atoms with E-state index in [4.69, 9.17) is 5.14 Å². The Bertz CT molecular complexity index is 735. The Kier molecular flexibility index (Phi) is 5.37. The van der Waals surface area contributed by atoms with Crippen molar-refractivity contribution < 1.29 is 18.3 Å². The van der Waals surface area contributed by atoms with Crippen LogP contribution in [0.1, 0.15) is 54.1 Å². The fraction of sp³-hybridized carbons (Fsp3) is 0.588. The van der Waals surface area contributed by atoms with Crippen LogP contribution in [0, 0.1) is 13.8 Å². The number of benzene rings is 1. The second-order valence-corrected chi connectivity index (χ2v) is 8.26. The standard InChI is InChI=1S/C17H26N2O4S/c1-4-5-17(21)6-8-19(9-7-17)16(20)14-10-12(2)13(3)15(11-14)24(18,22)23/h10-11,21H,4-9H2,1-3H3,(H2,18,22,23). The van der Waals surface area contributed by atoms with E-state index in [1.54, 1.807) is 24.8 Å². The SMILES string of the molecule is CCCC1(O)CCN(C(=O)c2cc(C)c(C)c(S(N)(=O)=O)c2)CC1. The van der Waals surface area contributed by atoms with E-state index in [0.29, 0.717) is 42.6 Å². The van der Waals surface area contributed by atoms with Crippen molar-refractivity contribution in [1.29, 1.82) is 0 Å². The van der Waals surface area contributed by atoms with Crippen LogP contribution in [-0.2, 0) is 10.0 Å². The maximum Gasteiger partial charge on any atom is 0.253 e. The number of primary sulfonamides is 1. The molecule has 1 saturated heterocycles. The van der Waals surface area contributed by atoms with Crippen LogP contribution in [-0.4, -0.2) is 43.0 Å². The molecule has 6 nitrogen and oxygen atoms in total. The van der Waals surface area contributed by atoms with Crippen molar-refractivity contribution in [2.75, 3.05) is 13.1 Å². The van der Waals surface area contributed by atoms with Crippen LogP contribution >= 0.6 is 0 Å². The highest BCUT2D eigenvalue weighted by Gasteiger charge is 2.33. The molecule has 0 atom stereocenters. The third-order valence-corrected chi connectivity index (χ3v) is 5.91. The van der Waals surface area contributed by atoms with Crippen LogP contribution in [0.25, 0.3) is 0 Å². The monoisotopic (exact) mass is 354 g/mol. The smallest absolute Gasteiger partial charge is 0.253 e. The molecule has 0 aromatic heterocycles. The number of likely N-dealkylation sites (tertiary alicyclic amines) is 1. The van der Waals surface area contributed by atoms with E-state index in [0.717, 1.165) is 12.8 Å². The summed E-state index contributed by atoms with van der Waals surface area (Å²) in [7, 11) is -3.88. The van der Waals surface area contributed by atoms with Gasteiger partial charge in [-0.3, -0.25) is 4.79 Å². The highest BCUT2D eigenvalue weighted by molar-refractivity contribution is 7.89. The van der Waals surface area contributed by atoms with Crippen LogP contribution in [0.5, 0.6) is 0 Å². The second kappa shape index (κ2) is 6.82. The van der Waals surface area contributed by atoms with Gasteiger partial charge in [-0.1, -0.05) is 13.3 Å². The molecule has 3 N–H and O–H groups in total. The number of hydrogen-bond donors (Lipinski definition) is 2. The average Bonchev–Trinajstić information content (AvgIpc) is 2.49. The molecule has 1 amide bonds. The summed E-state index contributed by atoms with van der Waals surface area (Å²) in [5.41, 5.74) is 0.901. The summed E-state index contributed by atoms with van der Waals surface area (Å²) in [5, 5.41) is 15.7. The number of aliphatic hydroxyl groups is 1. The number of carbonyl (C=O) groups is 1. The van der Waals surface area contributed by atoms with E-state index in [-0.39, 0.29) is 10.8 Å². The first-order valence-electron chi connectivity index (χ1n) is 8.23. The summed E-state index contributed by atoms with van der Waals surface area (Å²) in [6.07, 6.45) is 2.71. The van der Waals surface area contributed by atoms with Crippen molar-refractivity contribution in [2.24, 2.45) is 5.14 Å². The van der Waals surface area contributed by atoms with E-state index in [1.807, 2.05) is 6.92 Å². The first-order chi connectivity index (χ1) is 11.1. The van der Waals surface area contributed by atoms with Gasteiger partial charge in [-0.15, -0.1) is 0 Å². The Balaban J connectivity index is 2.24. The van der Waals surface area contributed by atoms with E-state index in [2.05, 4.69) is 0 Å². The third kappa shape index (κ3) is 3.96. The van der Waals surface area contributed by atoms with Gasteiger partial charge in [0.05, 0.1) is 10.5 Å². The Hall–Kier alpha value is -1.44. The zero-order valence-electron chi connectivity index (χ0n) is 14.5. The zero-order chi connectivity index (χ0) is 18.1. The molecule has 0 radical (unpaired) electrons. The molecule has 1 aliphatic rings. The molecule has 2 rings (SSSR count). The van der Waals surface area contributed by atoms with Gasteiger partial charge in [0.2, 0.25) is 10.0 Å². The fourth-order valence-corrected chi connectivity index (χ4v) is 4.15. The molecule has 1 aliphatic heterocycles. The van der Waals surface area contributed by atoms with Gasteiger partial charge in [-0.05, 0) is 56.4 Å². The van der Waals surface area contributed by atoms with E-state index in [1.165, 1.54) is 6.07 Å². The summed E-state index contributed by atoms with van der Waals surface area (Å²) in [6.45, 7) is 6.39. The third-order valence-electron chi connectivity index (χ3n) is 4.87. The van der Waals surface area contributed by atoms with Crippen molar-refractivity contribution in [3.63, 3.8) is 0 Å². The van der Waals surface area contributed by atoms with Gasteiger partial charge < -0.3 is 10.0 Å². The van der Waals surface area contributed by atoms with Crippen molar-refractivity contribution in [1.82, 2.24) is 4.90 Å². The zero-order valence-corrected chi connectivity index (χ0v) is 15.3. The van der Waals surface area contributed by atoms with Crippen LogP contribution < -0.4 is 5.14 Å². The molecule has 1 aromatic carbocycles. The summed E-state index contributed by atoms with van der Waals surface area (Å²) < 4.78 is 23.5. The number of sulfonamides is 1. The van der Waals surface area contributed by atoms with E-state index < -0.39 is 15.6 Å². The van der Waals surface area contributed by atoms with Gasteiger partial charge in [-0.2, -0.15) is 0 Å². The molecule has 1 fully saturated rings. The lowest BCUT2D eigenvalue weighted by Crippen LogP contribution is -2.46. The summed E-state index contributed by atoms with van der Waals surface area (Å²) in [4.78, 5) is 14.4. The van der Waals surface area contributed by atoms with Gasteiger partial charge in [0, 0.05) is 18.7 Å². The molecule has 0 saturated carbocycles. The normalized spacial score (nSPS) is 17.8.